The Hall–Kier alpha value is -3.25. The van der Waals surface area contributed by atoms with Crippen molar-refractivity contribution in [2.24, 2.45) is 0 Å². The van der Waals surface area contributed by atoms with E-state index < -0.39 is 0 Å². The number of amides is 1. The van der Waals surface area contributed by atoms with Crippen LogP contribution in [0, 0.1) is 0 Å². The Bertz CT molecular complexity index is 1540. The van der Waals surface area contributed by atoms with Crippen molar-refractivity contribution in [2.75, 3.05) is 5.32 Å². The largest absolute Gasteiger partial charge is 0.322 e. The summed E-state index contributed by atoms with van der Waals surface area (Å²) in [6, 6.07) is 28.2. The maximum absolute atomic E-state index is 13.8. The summed E-state index contributed by atoms with van der Waals surface area (Å²) < 4.78 is 1.84. The van der Waals surface area contributed by atoms with E-state index >= 15 is 0 Å². The maximum atomic E-state index is 13.8. The second kappa shape index (κ2) is 10.4. The normalized spacial score (nSPS) is 12.1. The molecule has 1 unspecified atom stereocenters. The minimum absolute atomic E-state index is 0.0506. The van der Waals surface area contributed by atoms with Crippen LogP contribution in [0.1, 0.15) is 28.5 Å². The SMILES string of the molecule is CCC(Sc1ccc(NC(=O)c2ccc(Cl)cc2Cl)cc1)C(=O)n1c2ccccc2c2ccccc21. The predicted molar refractivity (Wildman–Crippen MR) is 151 cm³/mol. The zero-order valence-electron chi connectivity index (χ0n) is 19.4. The van der Waals surface area contributed by atoms with Gasteiger partial charge in [-0.2, -0.15) is 0 Å². The van der Waals surface area contributed by atoms with Crippen LogP contribution in [0.4, 0.5) is 5.69 Å². The minimum Gasteiger partial charge on any atom is -0.322 e. The van der Waals surface area contributed by atoms with E-state index in [-0.39, 0.29) is 17.1 Å². The monoisotopic (exact) mass is 532 g/mol. The number of halogens is 2. The Morgan fingerprint density at radius 1 is 0.861 bits per heavy atom. The highest BCUT2D eigenvalue weighted by Gasteiger charge is 2.24. The molecule has 0 aliphatic rings. The summed E-state index contributed by atoms with van der Waals surface area (Å²) >= 11 is 13.6. The second-order valence-electron chi connectivity index (χ2n) is 8.33. The molecule has 4 aromatic carbocycles. The molecule has 1 heterocycles. The quantitative estimate of drug-likeness (QED) is 0.223. The molecule has 0 saturated carbocycles. The number of hydrogen-bond donors (Lipinski definition) is 1. The van der Waals surface area contributed by atoms with Gasteiger partial charge >= 0.3 is 0 Å². The highest BCUT2D eigenvalue weighted by molar-refractivity contribution is 8.00. The molecule has 1 amide bonds. The first-order chi connectivity index (χ1) is 17.5. The van der Waals surface area contributed by atoms with Crippen molar-refractivity contribution in [3.63, 3.8) is 0 Å². The zero-order valence-corrected chi connectivity index (χ0v) is 21.7. The number of anilines is 1. The van der Waals surface area contributed by atoms with Crippen LogP contribution in [0.15, 0.2) is 95.9 Å². The second-order valence-corrected chi connectivity index (χ2v) is 10.4. The van der Waals surface area contributed by atoms with Gasteiger partial charge < -0.3 is 5.32 Å². The molecule has 0 radical (unpaired) electrons. The van der Waals surface area contributed by atoms with Crippen LogP contribution in [0.2, 0.25) is 10.0 Å². The van der Waals surface area contributed by atoms with E-state index in [1.165, 1.54) is 17.8 Å². The standard InChI is InChI=1S/C29H22Cl2N2O2S/c1-2-27(29(35)33-25-9-5-3-7-21(25)22-8-4-6-10-26(22)33)36-20-14-12-19(13-15-20)32-28(34)23-16-11-18(30)17-24(23)31/h3-17,27H,2H2,1H3,(H,32,34). The van der Waals surface area contributed by atoms with Crippen LogP contribution in [0.25, 0.3) is 21.8 Å². The van der Waals surface area contributed by atoms with E-state index in [0.717, 1.165) is 26.7 Å². The molecule has 1 N–H and O–H groups in total. The van der Waals surface area contributed by atoms with Crippen molar-refractivity contribution in [3.05, 3.63) is 107 Å². The topological polar surface area (TPSA) is 51.1 Å². The van der Waals surface area contributed by atoms with Gasteiger partial charge in [0.25, 0.3) is 5.91 Å². The van der Waals surface area contributed by atoms with Gasteiger partial charge in [0.1, 0.15) is 0 Å². The third-order valence-electron chi connectivity index (χ3n) is 6.01. The Morgan fingerprint density at radius 2 is 1.47 bits per heavy atom. The number of carbonyl (C=O) groups is 2. The van der Waals surface area contributed by atoms with Crippen LogP contribution < -0.4 is 5.32 Å². The number of aromatic nitrogens is 1. The molecule has 36 heavy (non-hydrogen) atoms. The molecule has 7 heteroatoms. The molecule has 4 nitrogen and oxygen atoms in total. The lowest BCUT2D eigenvalue weighted by molar-refractivity contribution is 0.0918. The fraction of sp³-hybridized carbons (Fsp3) is 0.103. The van der Waals surface area contributed by atoms with Crippen molar-refractivity contribution < 1.29 is 9.59 Å². The smallest absolute Gasteiger partial charge is 0.257 e. The van der Waals surface area contributed by atoms with Crippen molar-refractivity contribution in [1.29, 1.82) is 0 Å². The molecule has 180 valence electrons. The molecular weight excluding hydrogens is 511 g/mol. The van der Waals surface area contributed by atoms with Crippen LogP contribution in [-0.2, 0) is 0 Å². The number of rotatable bonds is 6. The van der Waals surface area contributed by atoms with Crippen LogP contribution in [-0.4, -0.2) is 21.6 Å². The third kappa shape index (κ3) is 4.74. The summed E-state index contributed by atoms with van der Waals surface area (Å²) in [5.74, 6) is -0.264. The Kier molecular flexibility index (Phi) is 7.06. The van der Waals surface area contributed by atoms with Crippen LogP contribution >= 0.6 is 35.0 Å². The maximum Gasteiger partial charge on any atom is 0.257 e. The first-order valence-electron chi connectivity index (χ1n) is 11.5. The number of nitrogens with one attached hydrogen (secondary N) is 1. The third-order valence-corrected chi connectivity index (χ3v) is 7.92. The summed E-state index contributed by atoms with van der Waals surface area (Å²) in [6.07, 6.45) is 0.678. The lowest BCUT2D eigenvalue weighted by Crippen LogP contribution is -2.23. The van der Waals surface area contributed by atoms with Gasteiger partial charge in [-0.1, -0.05) is 66.5 Å². The van der Waals surface area contributed by atoms with E-state index in [0.29, 0.717) is 27.7 Å². The van der Waals surface area contributed by atoms with E-state index in [4.69, 9.17) is 23.2 Å². The Morgan fingerprint density at radius 3 is 2.06 bits per heavy atom. The molecule has 0 bridgehead atoms. The summed E-state index contributed by atoms with van der Waals surface area (Å²) in [4.78, 5) is 27.3. The van der Waals surface area contributed by atoms with Crippen molar-refractivity contribution >= 4 is 74.3 Å². The summed E-state index contributed by atoms with van der Waals surface area (Å²) in [7, 11) is 0. The van der Waals surface area contributed by atoms with Crippen LogP contribution in [0.3, 0.4) is 0 Å². The number of thioether (sulfide) groups is 1. The molecular formula is C29H22Cl2N2O2S. The highest BCUT2D eigenvalue weighted by Crippen LogP contribution is 2.33. The zero-order chi connectivity index (χ0) is 25.2. The minimum atomic E-state index is -0.315. The number of hydrogen-bond acceptors (Lipinski definition) is 3. The average Bonchev–Trinajstić information content (AvgIpc) is 3.22. The predicted octanol–water partition coefficient (Wildman–Crippen LogP) is 8.56. The fourth-order valence-corrected chi connectivity index (χ4v) is 5.75. The fourth-order valence-electron chi connectivity index (χ4n) is 4.27. The molecule has 1 atom stereocenters. The molecule has 0 fully saturated rings. The van der Waals surface area contributed by atoms with Gasteiger partial charge in [-0.25, -0.2) is 0 Å². The van der Waals surface area contributed by atoms with E-state index in [1.807, 2.05) is 72.2 Å². The van der Waals surface area contributed by atoms with Gasteiger partial charge in [0, 0.05) is 26.4 Å². The van der Waals surface area contributed by atoms with E-state index in [1.54, 1.807) is 12.1 Å². The van der Waals surface area contributed by atoms with Gasteiger partial charge in [0.15, 0.2) is 0 Å². The van der Waals surface area contributed by atoms with Gasteiger partial charge in [-0.05, 0) is 61.0 Å². The lowest BCUT2D eigenvalue weighted by Gasteiger charge is -2.16. The van der Waals surface area contributed by atoms with Crippen molar-refractivity contribution in [2.45, 2.75) is 23.5 Å². The molecule has 0 spiro atoms. The molecule has 0 saturated heterocycles. The molecule has 1 aromatic heterocycles. The van der Waals surface area contributed by atoms with Crippen molar-refractivity contribution in [1.82, 2.24) is 4.57 Å². The van der Waals surface area contributed by atoms with Crippen molar-refractivity contribution in [3.8, 4) is 0 Å². The molecule has 0 aliphatic heterocycles. The number of para-hydroxylation sites is 2. The number of carbonyl (C=O) groups excluding carboxylic acids is 2. The molecule has 5 rings (SSSR count). The van der Waals surface area contributed by atoms with Gasteiger partial charge in [0.2, 0.25) is 5.91 Å². The first-order valence-corrected chi connectivity index (χ1v) is 13.2. The molecule has 0 aliphatic carbocycles. The summed E-state index contributed by atoms with van der Waals surface area (Å²) in [6.45, 7) is 2.02. The highest BCUT2D eigenvalue weighted by atomic mass is 35.5. The Labute approximate surface area is 223 Å². The van der Waals surface area contributed by atoms with Gasteiger partial charge in [-0.3, -0.25) is 14.2 Å². The molecule has 5 aromatic rings. The van der Waals surface area contributed by atoms with Gasteiger partial charge in [0.05, 0.1) is 26.9 Å². The van der Waals surface area contributed by atoms with Crippen LogP contribution in [0.5, 0.6) is 0 Å². The van der Waals surface area contributed by atoms with E-state index in [9.17, 15) is 9.59 Å². The average molecular weight is 533 g/mol. The summed E-state index contributed by atoms with van der Waals surface area (Å²) in [5.41, 5.74) is 2.82. The van der Waals surface area contributed by atoms with E-state index in [2.05, 4.69) is 17.4 Å². The lowest BCUT2D eigenvalue weighted by atomic mass is 10.2. The number of fused-ring (bicyclic) bond motifs is 3. The van der Waals surface area contributed by atoms with Gasteiger partial charge in [-0.15, -0.1) is 11.8 Å². The summed E-state index contributed by atoms with van der Waals surface area (Å²) in [5, 5.41) is 5.49. The Balaban J connectivity index is 1.36. The number of benzene rings is 4. The first kappa shape index (κ1) is 24.4. The number of nitrogens with zero attached hydrogens (tertiary/aromatic N) is 1.